The molecular weight excluding hydrogens is 448 g/mol. The number of thioether (sulfide) groups is 1. The minimum Gasteiger partial charge on any atom is -0.327 e. The molecule has 1 fully saturated rings. The lowest BCUT2D eigenvalue weighted by Gasteiger charge is -2.21. The topological polar surface area (TPSA) is 96.6 Å². The van der Waals surface area contributed by atoms with Gasteiger partial charge >= 0.3 is 10.2 Å². The van der Waals surface area contributed by atoms with E-state index in [1.54, 1.807) is 0 Å². The van der Waals surface area contributed by atoms with Crippen molar-refractivity contribution >= 4 is 27.9 Å². The maximum absolute atomic E-state index is 13.3. The first-order valence-corrected chi connectivity index (χ1v) is 12.6. The van der Waals surface area contributed by atoms with Gasteiger partial charge in [-0.2, -0.15) is 17.7 Å². The Kier molecular flexibility index (Phi) is 6.63. The molecule has 4 rings (SSSR count). The number of rotatable bonds is 8. The van der Waals surface area contributed by atoms with Crippen LogP contribution in [-0.4, -0.2) is 45.0 Å². The Morgan fingerprint density at radius 1 is 1.06 bits per heavy atom. The maximum atomic E-state index is 13.3. The molecule has 1 amide bonds. The third-order valence-corrected chi connectivity index (χ3v) is 7.88. The monoisotopic (exact) mass is 472 g/mol. The van der Waals surface area contributed by atoms with Crippen LogP contribution in [0, 0.1) is 5.92 Å². The standard InChI is InChI=1S/C22H24N4O4S2/c1-16(2)13-19-21(27)26(32(28,29)25(19)14-17-9-5-3-6-10-17)15-31-22-23-20(24-30-22)18-11-7-4-8-12-18/h3-12,16,19H,13-15H2,1-2H3. The molecule has 1 atom stereocenters. The average molecular weight is 473 g/mol. The van der Waals surface area contributed by atoms with Crippen LogP contribution in [-0.2, 0) is 21.5 Å². The Balaban J connectivity index is 1.53. The quantitative estimate of drug-likeness (QED) is 0.460. The van der Waals surface area contributed by atoms with Crippen LogP contribution in [0.4, 0.5) is 0 Å². The van der Waals surface area contributed by atoms with Gasteiger partial charge in [-0.1, -0.05) is 79.7 Å². The molecule has 1 aromatic heterocycles. The van der Waals surface area contributed by atoms with Gasteiger partial charge in [-0.25, -0.2) is 4.31 Å². The number of benzene rings is 2. The molecule has 0 N–H and O–H groups in total. The second-order valence-corrected chi connectivity index (χ2v) is 10.6. The molecule has 10 heteroatoms. The van der Waals surface area contributed by atoms with Crippen LogP contribution in [0.5, 0.6) is 0 Å². The summed E-state index contributed by atoms with van der Waals surface area (Å²) in [6.07, 6.45) is 0.449. The molecule has 168 valence electrons. The van der Waals surface area contributed by atoms with E-state index in [1.807, 2.05) is 74.5 Å². The summed E-state index contributed by atoms with van der Waals surface area (Å²) in [5.74, 6) is 0.0173. The van der Waals surface area contributed by atoms with Crippen molar-refractivity contribution in [2.24, 2.45) is 5.92 Å². The van der Waals surface area contributed by atoms with E-state index in [9.17, 15) is 13.2 Å². The molecule has 0 spiro atoms. The highest BCUT2D eigenvalue weighted by Crippen LogP contribution is 2.32. The Labute approximate surface area is 191 Å². The zero-order valence-electron chi connectivity index (χ0n) is 17.8. The SMILES string of the molecule is CC(C)CC1C(=O)N(CSc2nc(-c3ccccc3)no2)S(=O)(=O)N1Cc1ccccc1. The predicted octanol–water partition coefficient (Wildman–Crippen LogP) is 3.79. The molecule has 1 saturated heterocycles. The molecular formula is C22H24N4O4S2. The lowest BCUT2D eigenvalue weighted by molar-refractivity contribution is -0.127. The first kappa shape index (κ1) is 22.5. The number of carbonyl (C=O) groups excluding carboxylic acids is 1. The van der Waals surface area contributed by atoms with Crippen molar-refractivity contribution in [2.75, 3.05) is 5.88 Å². The largest absolute Gasteiger partial charge is 0.327 e. The van der Waals surface area contributed by atoms with Gasteiger partial charge in [0, 0.05) is 12.1 Å². The highest BCUT2D eigenvalue weighted by Gasteiger charge is 2.50. The van der Waals surface area contributed by atoms with E-state index in [0.717, 1.165) is 27.2 Å². The average Bonchev–Trinajstić information content (AvgIpc) is 3.31. The minimum absolute atomic E-state index is 0.128. The van der Waals surface area contributed by atoms with Crippen LogP contribution < -0.4 is 0 Å². The summed E-state index contributed by atoms with van der Waals surface area (Å²) in [4.78, 5) is 17.4. The number of hydrogen-bond donors (Lipinski definition) is 0. The number of hydrogen-bond acceptors (Lipinski definition) is 7. The summed E-state index contributed by atoms with van der Waals surface area (Å²) >= 11 is 1.03. The third kappa shape index (κ3) is 4.72. The molecule has 2 aromatic carbocycles. The fourth-order valence-electron chi connectivity index (χ4n) is 3.53. The molecule has 3 aromatic rings. The zero-order chi connectivity index (χ0) is 22.7. The fourth-order valence-corrected chi connectivity index (χ4v) is 6.23. The second-order valence-electron chi connectivity index (χ2n) is 7.89. The maximum Gasteiger partial charge on any atom is 0.308 e. The van der Waals surface area contributed by atoms with E-state index in [0.29, 0.717) is 12.2 Å². The van der Waals surface area contributed by atoms with Crippen molar-refractivity contribution in [3.05, 3.63) is 66.2 Å². The van der Waals surface area contributed by atoms with Gasteiger partial charge in [-0.15, -0.1) is 0 Å². The van der Waals surface area contributed by atoms with Crippen molar-refractivity contribution in [1.29, 1.82) is 0 Å². The normalized spacial score (nSPS) is 18.5. The first-order valence-electron chi connectivity index (χ1n) is 10.3. The number of nitrogens with zero attached hydrogens (tertiary/aromatic N) is 4. The summed E-state index contributed by atoms with van der Waals surface area (Å²) in [6, 6.07) is 17.9. The van der Waals surface area contributed by atoms with Crippen LogP contribution >= 0.6 is 11.8 Å². The third-order valence-electron chi connectivity index (χ3n) is 5.07. The van der Waals surface area contributed by atoms with Gasteiger partial charge in [0.1, 0.15) is 6.04 Å². The minimum atomic E-state index is -3.98. The summed E-state index contributed by atoms with van der Waals surface area (Å²) in [7, 11) is -3.98. The summed E-state index contributed by atoms with van der Waals surface area (Å²) in [5, 5.41) is 4.14. The molecule has 0 bridgehead atoms. The van der Waals surface area contributed by atoms with Crippen LogP contribution in [0.1, 0.15) is 25.8 Å². The zero-order valence-corrected chi connectivity index (χ0v) is 19.4. The van der Waals surface area contributed by atoms with Gasteiger partial charge in [-0.05, 0) is 29.7 Å². The Bertz CT molecular complexity index is 1170. The smallest absolute Gasteiger partial charge is 0.308 e. The molecule has 2 heterocycles. The van der Waals surface area contributed by atoms with E-state index in [4.69, 9.17) is 4.52 Å². The van der Waals surface area contributed by atoms with Crippen LogP contribution in [0.25, 0.3) is 11.4 Å². The van der Waals surface area contributed by atoms with Crippen molar-refractivity contribution < 1.29 is 17.7 Å². The van der Waals surface area contributed by atoms with Gasteiger partial charge in [0.25, 0.3) is 11.1 Å². The Hall–Kier alpha value is -2.69. The van der Waals surface area contributed by atoms with Crippen molar-refractivity contribution in [3.8, 4) is 11.4 Å². The molecule has 1 unspecified atom stereocenters. The molecule has 1 aliphatic rings. The van der Waals surface area contributed by atoms with Crippen LogP contribution in [0.2, 0.25) is 0 Å². The van der Waals surface area contributed by atoms with Crippen molar-refractivity contribution in [3.63, 3.8) is 0 Å². The Morgan fingerprint density at radius 2 is 1.72 bits per heavy atom. The van der Waals surface area contributed by atoms with E-state index >= 15 is 0 Å². The summed E-state index contributed by atoms with van der Waals surface area (Å²) in [6.45, 7) is 4.09. The van der Waals surface area contributed by atoms with Gasteiger partial charge in [0.2, 0.25) is 5.82 Å². The van der Waals surface area contributed by atoms with E-state index in [1.165, 1.54) is 4.31 Å². The lowest BCUT2D eigenvalue weighted by atomic mass is 10.0. The van der Waals surface area contributed by atoms with Crippen LogP contribution in [0.3, 0.4) is 0 Å². The lowest BCUT2D eigenvalue weighted by Crippen LogP contribution is -2.36. The number of aromatic nitrogens is 2. The number of carbonyl (C=O) groups is 1. The highest BCUT2D eigenvalue weighted by atomic mass is 32.2. The van der Waals surface area contributed by atoms with Gasteiger partial charge < -0.3 is 4.52 Å². The summed E-state index contributed by atoms with van der Waals surface area (Å²) in [5.41, 5.74) is 1.62. The molecule has 0 radical (unpaired) electrons. The Morgan fingerprint density at radius 3 is 2.38 bits per heavy atom. The van der Waals surface area contributed by atoms with E-state index in [2.05, 4.69) is 10.1 Å². The predicted molar refractivity (Wildman–Crippen MR) is 121 cm³/mol. The van der Waals surface area contributed by atoms with Crippen LogP contribution in [0.15, 0.2) is 70.4 Å². The first-order chi connectivity index (χ1) is 15.4. The highest BCUT2D eigenvalue weighted by molar-refractivity contribution is 7.99. The molecule has 8 nitrogen and oxygen atoms in total. The van der Waals surface area contributed by atoms with Gasteiger partial charge in [0.05, 0.1) is 5.88 Å². The second kappa shape index (κ2) is 9.43. The number of amides is 1. The molecule has 32 heavy (non-hydrogen) atoms. The van der Waals surface area contributed by atoms with Crippen molar-refractivity contribution in [2.45, 2.75) is 38.1 Å². The van der Waals surface area contributed by atoms with Gasteiger partial charge in [-0.3, -0.25) is 4.79 Å². The molecule has 0 aliphatic carbocycles. The van der Waals surface area contributed by atoms with E-state index < -0.39 is 22.2 Å². The van der Waals surface area contributed by atoms with E-state index in [-0.39, 0.29) is 23.6 Å². The molecule has 1 aliphatic heterocycles. The van der Waals surface area contributed by atoms with Gasteiger partial charge in [0.15, 0.2) is 0 Å². The summed E-state index contributed by atoms with van der Waals surface area (Å²) < 4.78 is 34.1. The fraction of sp³-hybridized carbons (Fsp3) is 0.318. The molecule has 0 saturated carbocycles. The van der Waals surface area contributed by atoms with Crippen molar-refractivity contribution in [1.82, 2.24) is 18.8 Å².